The van der Waals surface area contributed by atoms with E-state index in [0.29, 0.717) is 6.54 Å². The topological polar surface area (TPSA) is 79.9 Å². The Bertz CT molecular complexity index is 712. The molecule has 0 aliphatic carbocycles. The highest BCUT2D eigenvalue weighted by Crippen LogP contribution is 2.24. The molecule has 1 saturated heterocycles. The highest BCUT2D eigenvalue weighted by atomic mass is 127. The van der Waals surface area contributed by atoms with E-state index in [-0.39, 0.29) is 30.0 Å². The predicted molar refractivity (Wildman–Crippen MR) is 125 cm³/mol. The number of aryl methyl sites for hydroxylation is 2. The molecule has 3 heterocycles. The van der Waals surface area contributed by atoms with E-state index in [1.165, 1.54) is 0 Å². The number of aromatic nitrogens is 2. The van der Waals surface area contributed by atoms with E-state index in [4.69, 9.17) is 14.1 Å². The van der Waals surface area contributed by atoms with Crippen molar-refractivity contribution in [1.82, 2.24) is 25.3 Å². The van der Waals surface area contributed by atoms with E-state index in [0.717, 1.165) is 69.8 Å². The molecule has 1 aliphatic heterocycles. The molecule has 3 rings (SSSR count). The summed E-state index contributed by atoms with van der Waals surface area (Å²) in [6.07, 6.45) is 4.77. The molecular weight excluding hydrogens is 483 g/mol. The SMILES string of the molecule is CCNC(=NCC(c1ccc(C)o1)N1CCOCC1)NCCCn1cccn1.I. The highest BCUT2D eigenvalue weighted by Gasteiger charge is 2.25. The summed E-state index contributed by atoms with van der Waals surface area (Å²) in [4.78, 5) is 7.23. The summed E-state index contributed by atoms with van der Waals surface area (Å²) >= 11 is 0. The third-order valence-electron chi connectivity index (χ3n) is 4.76. The fourth-order valence-electron chi connectivity index (χ4n) is 3.31. The zero-order valence-corrected chi connectivity index (χ0v) is 19.7. The van der Waals surface area contributed by atoms with Crippen LogP contribution in [0.5, 0.6) is 0 Å². The number of nitrogens with zero attached hydrogens (tertiary/aromatic N) is 4. The predicted octanol–water partition coefficient (Wildman–Crippen LogP) is 2.42. The molecule has 1 aliphatic rings. The van der Waals surface area contributed by atoms with Crippen molar-refractivity contribution in [2.75, 3.05) is 45.9 Å². The third kappa shape index (κ3) is 7.63. The van der Waals surface area contributed by atoms with E-state index >= 15 is 0 Å². The van der Waals surface area contributed by atoms with Gasteiger partial charge < -0.3 is 19.8 Å². The highest BCUT2D eigenvalue weighted by molar-refractivity contribution is 14.0. The first-order valence-electron chi connectivity index (χ1n) is 10.1. The first kappa shape index (κ1) is 23.7. The average molecular weight is 516 g/mol. The van der Waals surface area contributed by atoms with Gasteiger partial charge in [0.25, 0.3) is 0 Å². The summed E-state index contributed by atoms with van der Waals surface area (Å²) in [6.45, 7) is 10.6. The molecule has 162 valence electrons. The van der Waals surface area contributed by atoms with Gasteiger partial charge in [0.05, 0.1) is 25.8 Å². The molecule has 0 amide bonds. The second-order valence-corrected chi connectivity index (χ2v) is 6.88. The Hall–Kier alpha value is -1.59. The van der Waals surface area contributed by atoms with Gasteiger partial charge in [-0.3, -0.25) is 14.6 Å². The molecule has 2 aromatic heterocycles. The number of morpholine rings is 1. The molecule has 1 atom stereocenters. The lowest BCUT2D eigenvalue weighted by Crippen LogP contribution is -2.42. The van der Waals surface area contributed by atoms with E-state index in [2.05, 4.69) is 33.6 Å². The zero-order chi connectivity index (χ0) is 19.6. The number of nitrogens with one attached hydrogen (secondary N) is 2. The van der Waals surface area contributed by atoms with Crippen LogP contribution in [0.25, 0.3) is 0 Å². The van der Waals surface area contributed by atoms with Crippen molar-refractivity contribution in [2.24, 2.45) is 4.99 Å². The standard InChI is InChI=1S/C20H32N6O2.HI/c1-3-21-20(22-8-4-10-26-11-5-9-24-26)23-16-18(19-7-6-17(2)28-19)25-12-14-27-15-13-25;/h5-7,9,11,18H,3-4,8,10,12-16H2,1-2H3,(H2,21,22,23);1H. The second-order valence-electron chi connectivity index (χ2n) is 6.88. The van der Waals surface area contributed by atoms with Crippen molar-refractivity contribution in [2.45, 2.75) is 32.9 Å². The van der Waals surface area contributed by atoms with Crippen LogP contribution in [0.2, 0.25) is 0 Å². The van der Waals surface area contributed by atoms with E-state index in [1.807, 2.05) is 29.9 Å². The molecule has 1 fully saturated rings. The largest absolute Gasteiger partial charge is 0.465 e. The van der Waals surface area contributed by atoms with Gasteiger partial charge in [-0.2, -0.15) is 5.10 Å². The van der Waals surface area contributed by atoms with Crippen molar-refractivity contribution in [3.05, 3.63) is 42.1 Å². The lowest BCUT2D eigenvalue weighted by atomic mass is 10.1. The Morgan fingerprint density at radius 3 is 2.76 bits per heavy atom. The fraction of sp³-hybridized carbons (Fsp3) is 0.600. The van der Waals surface area contributed by atoms with Crippen molar-refractivity contribution >= 4 is 29.9 Å². The van der Waals surface area contributed by atoms with Gasteiger partial charge in [-0.05, 0) is 38.5 Å². The molecule has 0 saturated carbocycles. The molecule has 0 spiro atoms. The van der Waals surface area contributed by atoms with Crippen LogP contribution in [0.1, 0.15) is 30.9 Å². The van der Waals surface area contributed by atoms with E-state index < -0.39 is 0 Å². The van der Waals surface area contributed by atoms with Crippen LogP contribution in [0.4, 0.5) is 0 Å². The fourth-order valence-corrected chi connectivity index (χ4v) is 3.31. The summed E-state index contributed by atoms with van der Waals surface area (Å²) < 4.78 is 13.4. The lowest BCUT2D eigenvalue weighted by molar-refractivity contribution is 0.0135. The molecule has 8 nitrogen and oxygen atoms in total. The molecule has 9 heteroatoms. The summed E-state index contributed by atoms with van der Waals surface area (Å²) in [5.74, 6) is 2.74. The summed E-state index contributed by atoms with van der Waals surface area (Å²) in [6, 6.07) is 6.15. The first-order valence-corrected chi connectivity index (χ1v) is 10.1. The molecule has 1 unspecified atom stereocenters. The van der Waals surface area contributed by atoms with Crippen molar-refractivity contribution in [1.29, 1.82) is 0 Å². The van der Waals surface area contributed by atoms with Crippen LogP contribution in [0.15, 0.2) is 40.0 Å². The number of ether oxygens (including phenoxy) is 1. The second kappa shape index (κ2) is 12.9. The van der Waals surface area contributed by atoms with E-state index in [9.17, 15) is 0 Å². The minimum atomic E-state index is 0. The monoisotopic (exact) mass is 516 g/mol. The number of guanidine groups is 1. The Morgan fingerprint density at radius 2 is 2.10 bits per heavy atom. The number of hydrogen-bond acceptors (Lipinski definition) is 5. The van der Waals surface area contributed by atoms with E-state index in [1.54, 1.807) is 6.20 Å². The minimum Gasteiger partial charge on any atom is -0.465 e. The number of furan rings is 1. The van der Waals surface area contributed by atoms with Gasteiger partial charge >= 0.3 is 0 Å². The van der Waals surface area contributed by atoms with Crippen LogP contribution < -0.4 is 10.6 Å². The van der Waals surface area contributed by atoms with Crippen LogP contribution in [-0.2, 0) is 11.3 Å². The summed E-state index contributed by atoms with van der Waals surface area (Å²) in [5, 5.41) is 11.0. The number of rotatable bonds is 9. The normalized spacial score (nSPS) is 16.3. The Morgan fingerprint density at radius 1 is 1.28 bits per heavy atom. The van der Waals surface area contributed by atoms with Gasteiger partial charge in [-0.15, -0.1) is 24.0 Å². The Kier molecular flexibility index (Phi) is 10.5. The van der Waals surface area contributed by atoms with Gasteiger partial charge in [-0.25, -0.2) is 0 Å². The molecule has 0 radical (unpaired) electrons. The number of halogens is 1. The van der Waals surface area contributed by atoms with Gasteiger partial charge in [0, 0.05) is 45.1 Å². The molecule has 2 N–H and O–H groups in total. The summed E-state index contributed by atoms with van der Waals surface area (Å²) in [7, 11) is 0. The molecular formula is C20H33IN6O2. The zero-order valence-electron chi connectivity index (χ0n) is 17.3. The van der Waals surface area contributed by atoms with Gasteiger partial charge in [0.1, 0.15) is 11.5 Å². The average Bonchev–Trinajstić information content (AvgIpc) is 3.38. The quantitative estimate of drug-likeness (QED) is 0.231. The Balaban J connectivity index is 0.00000300. The molecule has 0 aromatic carbocycles. The van der Waals surface area contributed by atoms with Crippen LogP contribution in [0.3, 0.4) is 0 Å². The van der Waals surface area contributed by atoms with Crippen LogP contribution in [0, 0.1) is 6.92 Å². The lowest BCUT2D eigenvalue weighted by Gasteiger charge is -2.32. The van der Waals surface area contributed by atoms with Crippen LogP contribution in [-0.4, -0.2) is 66.6 Å². The maximum absolute atomic E-state index is 5.93. The maximum atomic E-state index is 5.93. The summed E-state index contributed by atoms with van der Waals surface area (Å²) in [5.41, 5.74) is 0. The van der Waals surface area contributed by atoms with Gasteiger partial charge in [-0.1, -0.05) is 0 Å². The number of hydrogen-bond donors (Lipinski definition) is 2. The minimum absolute atomic E-state index is 0. The van der Waals surface area contributed by atoms with Crippen LogP contribution >= 0.6 is 24.0 Å². The first-order chi connectivity index (χ1) is 13.8. The molecule has 29 heavy (non-hydrogen) atoms. The van der Waals surface area contributed by atoms with Crippen molar-refractivity contribution < 1.29 is 9.15 Å². The van der Waals surface area contributed by atoms with Crippen molar-refractivity contribution in [3.8, 4) is 0 Å². The maximum Gasteiger partial charge on any atom is 0.191 e. The number of aliphatic imine (C=N–C) groups is 1. The van der Waals surface area contributed by atoms with Gasteiger partial charge in [0.15, 0.2) is 5.96 Å². The molecule has 0 bridgehead atoms. The van der Waals surface area contributed by atoms with Gasteiger partial charge in [0.2, 0.25) is 0 Å². The molecule has 2 aromatic rings. The smallest absolute Gasteiger partial charge is 0.191 e. The van der Waals surface area contributed by atoms with Crippen molar-refractivity contribution in [3.63, 3.8) is 0 Å². The third-order valence-corrected chi connectivity index (χ3v) is 4.76. The Labute approximate surface area is 190 Å².